The van der Waals surface area contributed by atoms with Gasteiger partial charge in [-0.05, 0) is 31.2 Å². The summed E-state index contributed by atoms with van der Waals surface area (Å²) >= 11 is 0. The lowest BCUT2D eigenvalue weighted by Gasteiger charge is -2.14. The molecule has 1 aromatic rings. The summed E-state index contributed by atoms with van der Waals surface area (Å²) in [6.07, 6.45) is 3.34. The molecule has 0 radical (unpaired) electrons. The van der Waals surface area contributed by atoms with Gasteiger partial charge in [-0.15, -0.1) is 24.0 Å². The fourth-order valence-corrected chi connectivity index (χ4v) is 2.47. The first-order valence-corrected chi connectivity index (χ1v) is 9.86. The topological polar surface area (TPSA) is 72.0 Å². The summed E-state index contributed by atoms with van der Waals surface area (Å²) in [6, 6.07) is 10.2. The van der Waals surface area contributed by atoms with Crippen LogP contribution in [0.15, 0.2) is 35.3 Å². The van der Waals surface area contributed by atoms with Crippen molar-refractivity contribution in [2.75, 3.05) is 33.4 Å². The van der Waals surface area contributed by atoms with Gasteiger partial charge in [0, 0.05) is 26.1 Å². The number of carbonyl (C=O) groups excluding carboxylic acids is 1. The average molecular weight is 505 g/mol. The molecule has 0 spiro atoms. The standard InChI is InChI=1S/C21H35N3O3.HI/c1-4-22-21(23-14-10-6-9-13-20(25)26-3)24-15-18(2)16-27-17-19-11-7-5-8-12-19;/h5,7-8,11-12,18H,4,6,9-10,13-17H2,1-3H3,(H2,22,23,24);1H. The molecule has 0 heterocycles. The van der Waals surface area contributed by atoms with Crippen molar-refractivity contribution < 1.29 is 14.3 Å². The number of methoxy groups -OCH3 is 1. The molecule has 0 aliphatic heterocycles. The van der Waals surface area contributed by atoms with Crippen LogP contribution in [0.3, 0.4) is 0 Å². The van der Waals surface area contributed by atoms with E-state index in [1.54, 1.807) is 0 Å². The van der Waals surface area contributed by atoms with Crippen molar-refractivity contribution in [2.45, 2.75) is 46.1 Å². The van der Waals surface area contributed by atoms with Gasteiger partial charge in [0.15, 0.2) is 5.96 Å². The molecule has 0 saturated carbocycles. The van der Waals surface area contributed by atoms with E-state index in [9.17, 15) is 4.79 Å². The van der Waals surface area contributed by atoms with Crippen LogP contribution in [0.1, 0.15) is 45.1 Å². The molecule has 1 unspecified atom stereocenters. The third-order valence-electron chi connectivity index (χ3n) is 4.00. The van der Waals surface area contributed by atoms with Crippen LogP contribution in [-0.2, 0) is 20.9 Å². The molecule has 1 atom stereocenters. The Morgan fingerprint density at radius 3 is 2.57 bits per heavy atom. The van der Waals surface area contributed by atoms with Gasteiger partial charge < -0.3 is 20.1 Å². The normalized spacial score (nSPS) is 12.0. The lowest BCUT2D eigenvalue weighted by molar-refractivity contribution is -0.140. The van der Waals surface area contributed by atoms with Crippen LogP contribution in [-0.4, -0.2) is 45.3 Å². The molecular weight excluding hydrogens is 469 g/mol. The second kappa shape index (κ2) is 17.7. The number of benzene rings is 1. The molecule has 1 rings (SSSR count). The SMILES string of the molecule is CCNC(=NCC(C)COCc1ccccc1)NCCCCCC(=O)OC.I. The van der Waals surface area contributed by atoms with Crippen LogP contribution in [0.4, 0.5) is 0 Å². The number of hydrogen-bond donors (Lipinski definition) is 2. The van der Waals surface area contributed by atoms with Gasteiger partial charge in [0.05, 0.1) is 20.3 Å². The number of aliphatic imine (C=N–C) groups is 1. The Kier molecular flexibility index (Phi) is 16.9. The number of esters is 1. The molecule has 6 nitrogen and oxygen atoms in total. The third kappa shape index (κ3) is 13.8. The van der Waals surface area contributed by atoms with Crippen molar-refractivity contribution in [2.24, 2.45) is 10.9 Å². The summed E-state index contributed by atoms with van der Waals surface area (Å²) < 4.78 is 10.4. The van der Waals surface area contributed by atoms with Gasteiger partial charge in [0.25, 0.3) is 0 Å². The average Bonchev–Trinajstić information content (AvgIpc) is 2.69. The molecule has 7 heteroatoms. The van der Waals surface area contributed by atoms with Gasteiger partial charge in [-0.3, -0.25) is 9.79 Å². The quantitative estimate of drug-likeness (QED) is 0.141. The number of rotatable bonds is 13. The number of nitrogens with zero attached hydrogens (tertiary/aromatic N) is 1. The van der Waals surface area contributed by atoms with Gasteiger partial charge >= 0.3 is 5.97 Å². The molecule has 0 fully saturated rings. The minimum Gasteiger partial charge on any atom is -0.469 e. The van der Waals surface area contributed by atoms with Crippen molar-refractivity contribution in [3.63, 3.8) is 0 Å². The van der Waals surface area contributed by atoms with E-state index in [-0.39, 0.29) is 29.9 Å². The summed E-state index contributed by atoms with van der Waals surface area (Å²) in [4.78, 5) is 15.7. The van der Waals surface area contributed by atoms with Crippen molar-refractivity contribution in [3.8, 4) is 0 Å². The van der Waals surface area contributed by atoms with Crippen LogP contribution in [0.2, 0.25) is 0 Å². The smallest absolute Gasteiger partial charge is 0.305 e. The molecule has 0 aromatic heterocycles. The summed E-state index contributed by atoms with van der Waals surface area (Å²) in [7, 11) is 1.43. The van der Waals surface area contributed by atoms with E-state index >= 15 is 0 Å². The van der Waals surface area contributed by atoms with Gasteiger partial charge in [0.1, 0.15) is 0 Å². The molecule has 1 aromatic carbocycles. The predicted octanol–water partition coefficient (Wildman–Crippen LogP) is 3.75. The molecule has 160 valence electrons. The minimum absolute atomic E-state index is 0. The molecule has 28 heavy (non-hydrogen) atoms. The first-order chi connectivity index (χ1) is 13.2. The van der Waals surface area contributed by atoms with Crippen LogP contribution in [0.25, 0.3) is 0 Å². The number of guanidine groups is 1. The molecule has 0 aliphatic carbocycles. The van der Waals surface area contributed by atoms with Gasteiger partial charge in [-0.2, -0.15) is 0 Å². The maximum Gasteiger partial charge on any atom is 0.305 e. The fourth-order valence-electron chi connectivity index (χ4n) is 2.47. The van der Waals surface area contributed by atoms with Crippen LogP contribution in [0.5, 0.6) is 0 Å². The highest BCUT2D eigenvalue weighted by atomic mass is 127. The van der Waals surface area contributed by atoms with Gasteiger partial charge in [0.2, 0.25) is 0 Å². The van der Waals surface area contributed by atoms with E-state index in [1.807, 2.05) is 18.2 Å². The minimum atomic E-state index is -0.138. The number of hydrogen-bond acceptors (Lipinski definition) is 4. The molecule has 0 saturated heterocycles. The zero-order valence-electron chi connectivity index (χ0n) is 17.4. The summed E-state index contributed by atoms with van der Waals surface area (Å²) in [5.74, 6) is 1.05. The van der Waals surface area contributed by atoms with E-state index in [0.29, 0.717) is 32.1 Å². The van der Waals surface area contributed by atoms with Gasteiger partial charge in [-0.25, -0.2) is 0 Å². The van der Waals surface area contributed by atoms with Crippen LogP contribution in [0, 0.1) is 5.92 Å². The maximum atomic E-state index is 11.1. The Labute approximate surface area is 186 Å². The highest BCUT2D eigenvalue weighted by Gasteiger charge is 2.04. The fraction of sp³-hybridized carbons (Fsp3) is 0.619. The molecule has 2 N–H and O–H groups in total. The molecule has 0 aliphatic rings. The van der Waals surface area contributed by atoms with E-state index < -0.39 is 0 Å². The first kappa shape index (κ1) is 26.6. The van der Waals surface area contributed by atoms with Crippen LogP contribution < -0.4 is 10.6 Å². The molecule has 0 amide bonds. The Bertz CT molecular complexity index is 541. The maximum absolute atomic E-state index is 11.1. The Hall–Kier alpha value is -1.35. The number of unbranched alkanes of at least 4 members (excludes halogenated alkanes) is 2. The van der Waals surface area contributed by atoms with E-state index in [4.69, 9.17) is 4.74 Å². The van der Waals surface area contributed by atoms with Crippen molar-refractivity contribution in [1.82, 2.24) is 10.6 Å². The van der Waals surface area contributed by atoms with Crippen molar-refractivity contribution in [3.05, 3.63) is 35.9 Å². The number of ether oxygens (including phenoxy) is 2. The lowest BCUT2D eigenvalue weighted by Crippen LogP contribution is -2.38. The largest absolute Gasteiger partial charge is 0.469 e. The Morgan fingerprint density at radius 2 is 1.89 bits per heavy atom. The summed E-state index contributed by atoms with van der Waals surface area (Å²) in [5.41, 5.74) is 1.19. The van der Waals surface area contributed by atoms with E-state index in [0.717, 1.165) is 38.3 Å². The number of carbonyl (C=O) groups is 1. The summed E-state index contributed by atoms with van der Waals surface area (Å²) in [5, 5.41) is 6.60. The monoisotopic (exact) mass is 505 g/mol. The Morgan fingerprint density at radius 1 is 1.14 bits per heavy atom. The zero-order valence-corrected chi connectivity index (χ0v) is 19.7. The second-order valence-corrected chi connectivity index (χ2v) is 6.64. The number of nitrogens with one attached hydrogen (secondary N) is 2. The highest BCUT2D eigenvalue weighted by Crippen LogP contribution is 2.04. The van der Waals surface area contributed by atoms with Gasteiger partial charge in [-0.1, -0.05) is 43.7 Å². The third-order valence-corrected chi connectivity index (χ3v) is 4.00. The van der Waals surface area contributed by atoms with Crippen LogP contribution >= 0.6 is 24.0 Å². The van der Waals surface area contributed by atoms with E-state index in [2.05, 4.69) is 46.3 Å². The van der Waals surface area contributed by atoms with Crippen molar-refractivity contribution in [1.29, 1.82) is 0 Å². The van der Waals surface area contributed by atoms with E-state index in [1.165, 1.54) is 12.7 Å². The lowest BCUT2D eigenvalue weighted by atomic mass is 10.2. The molecular formula is C21H36IN3O3. The highest BCUT2D eigenvalue weighted by molar-refractivity contribution is 14.0. The number of halogens is 1. The second-order valence-electron chi connectivity index (χ2n) is 6.64. The summed E-state index contributed by atoms with van der Waals surface area (Å²) in [6.45, 7) is 7.90. The predicted molar refractivity (Wildman–Crippen MR) is 125 cm³/mol. The first-order valence-electron chi connectivity index (χ1n) is 9.86. The molecule has 0 bridgehead atoms. The zero-order chi connectivity index (χ0) is 19.7. The Balaban J connectivity index is 0.00000729. The van der Waals surface area contributed by atoms with Crippen molar-refractivity contribution >= 4 is 35.9 Å².